The maximum absolute atomic E-state index is 12.4. The lowest BCUT2D eigenvalue weighted by Gasteiger charge is -2.15. The van der Waals surface area contributed by atoms with E-state index < -0.39 is 6.04 Å². The highest BCUT2D eigenvalue weighted by Gasteiger charge is 2.19. The molecule has 3 amide bonds. The number of amides is 3. The largest absolute Gasteiger partial charge is 0.357 e. The second-order valence-corrected chi connectivity index (χ2v) is 6.35. The maximum Gasteiger partial charge on any atom is 0.317 e. The first-order valence-electron chi connectivity index (χ1n) is 8.72. The van der Waals surface area contributed by atoms with Crippen molar-refractivity contribution in [1.82, 2.24) is 20.0 Å². The minimum Gasteiger partial charge on any atom is -0.357 e. The Kier molecular flexibility index (Phi) is 5.40. The molecule has 1 aliphatic heterocycles. The van der Waals surface area contributed by atoms with E-state index in [1.165, 1.54) is 0 Å². The maximum atomic E-state index is 12.4. The molecule has 1 fully saturated rings. The number of aromatic nitrogens is 2. The zero-order chi connectivity index (χ0) is 18.5. The predicted molar refractivity (Wildman–Crippen MR) is 100 cm³/mol. The Morgan fingerprint density at radius 2 is 2.12 bits per heavy atom. The third kappa shape index (κ3) is 4.33. The second kappa shape index (κ2) is 7.90. The zero-order valence-corrected chi connectivity index (χ0v) is 15.0. The van der Waals surface area contributed by atoms with E-state index in [1.54, 1.807) is 16.5 Å². The lowest BCUT2D eigenvalue weighted by molar-refractivity contribution is -0.116. The van der Waals surface area contributed by atoms with Crippen molar-refractivity contribution >= 4 is 23.4 Å². The van der Waals surface area contributed by atoms with Crippen molar-refractivity contribution in [2.24, 2.45) is 0 Å². The highest BCUT2D eigenvalue weighted by atomic mass is 16.2. The van der Waals surface area contributed by atoms with Gasteiger partial charge in [-0.15, -0.1) is 0 Å². The van der Waals surface area contributed by atoms with E-state index in [9.17, 15) is 9.59 Å². The highest BCUT2D eigenvalue weighted by molar-refractivity contribution is 5.96. The van der Waals surface area contributed by atoms with E-state index in [2.05, 4.69) is 21.0 Å². The molecule has 8 heteroatoms. The van der Waals surface area contributed by atoms with Crippen LogP contribution < -0.4 is 16.0 Å². The van der Waals surface area contributed by atoms with Crippen LogP contribution in [0.2, 0.25) is 0 Å². The summed E-state index contributed by atoms with van der Waals surface area (Å²) in [5.74, 6) is 0.505. The van der Waals surface area contributed by atoms with Gasteiger partial charge in [0.05, 0.1) is 6.54 Å². The smallest absolute Gasteiger partial charge is 0.317 e. The first kappa shape index (κ1) is 17.8. The summed E-state index contributed by atoms with van der Waals surface area (Å²) in [7, 11) is 0. The molecule has 0 bridgehead atoms. The molecule has 2 heterocycles. The van der Waals surface area contributed by atoms with Crippen molar-refractivity contribution in [3.8, 4) is 0 Å². The molecule has 1 aromatic carbocycles. The average molecular weight is 356 g/mol. The Hall–Kier alpha value is -3.03. The number of nitrogens with one attached hydrogen (secondary N) is 3. The lowest BCUT2D eigenvalue weighted by atomic mass is 10.2. The fraction of sp³-hybridized carbons (Fsp3) is 0.389. The van der Waals surface area contributed by atoms with Gasteiger partial charge in [-0.25, -0.2) is 4.79 Å². The van der Waals surface area contributed by atoms with Crippen LogP contribution >= 0.6 is 0 Å². The van der Waals surface area contributed by atoms with Crippen LogP contribution in [0, 0.1) is 6.92 Å². The van der Waals surface area contributed by atoms with Gasteiger partial charge in [0, 0.05) is 37.6 Å². The van der Waals surface area contributed by atoms with Gasteiger partial charge in [-0.2, -0.15) is 5.10 Å². The Bertz CT molecular complexity index is 787. The number of carbonyl (C=O) groups is 2. The monoisotopic (exact) mass is 356 g/mol. The van der Waals surface area contributed by atoms with Crippen LogP contribution in [0.3, 0.4) is 0 Å². The van der Waals surface area contributed by atoms with Gasteiger partial charge >= 0.3 is 6.03 Å². The number of urea groups is 1. The summed E-state index contributed by atoms with van der Waals surface area (Å²) in [5.41, 5.74) is 1.82. The van der Waals surface area contributed by atoms with E-state index in [1.807, 2.05) is 43.5 Å². The number of anilines is 2. The van der Waals surface area contributed by atoms with E-state index in [-0.39, 0.29) is 11.9 Å². The Morgan fingerprint density at radius 3 is 2.85 bits per heavy atom. The molecule has 1 unspecified atom stereocenters. The van der Waals surface area contributed by atoms with E-state index >= 15 is 0 Å². The molecule has 1 saturated heterocycles. The summed E-state index contributed by atoms with van der Waals surface area (Å²) in [6.45, 7) is 6.38. The van der Waals surface area contributed by atoms with Gasteiger partial charge < -0.3 is 20.9 Å². The number of nitrogens with zero attached hydrogens (tertiary/aromatic N) is 3. The number of para-hydroxylation sites is 1. The van der Waals surface area contributed by atoms with Gasteiger partial charge in [-0.3, -0.25) is 9.48 Å². The van der Waals surface area contributed by atoms with Crippen LogP contribution in [0.15, 0.2) is 36.5 Å². The Morgan fingerprint density at radius 1 is 1.31 bits per heavy atom. The highest BCUT2D eigenvalue weighted by Crippen LogP contribution is 2.14. The van der Waals surface area contributed by atoms with Crippen molar-refractivity contribution in [1.29, 1.82) is 0 Å². The average Bonchev–Trinajstić information content (AvgIpc) is 3.23. The molecule has 0 spiro atoms. The molecule has 8 nitrogen and oxygen atoms in total. The lowest BCUT2D eigenvalue weighted by Crippen LogP contribution is -2.32. The normalized spacial score (nSPS) is 14.8. The van der Waals surface area contributed by atoms with Crippen molar-refractivity contribution < 1.29 is 9.59 Å². The van der Waals surface area contributed by atoms with Gasteiger partial charge in [-0.05, 0) is 25.5 Å². The minimum absolute atomic E-state index is 0.0306. The SMILES string of the molecule is Cc1ccccc1NC(=O)C(C)Nc1ccn(CCN2CCNC2=O)n1. The van der Waals surface area contributed by atoms with Crippen molar-refractivity contribution in [3.05, 3.63) is 42.1 Å². The first-order valence-corrected chi connectivity index (χ1v) is 8.72. The Labute approximate surface area is 152 Å². The van der Waals surface area contributed by atoms with Crippen molar-refractivity contribution in [2.75, 3.05) is 30.3 Å². The molecule has 2 aromatic rings. The standard InChI is InChI=1S/C18H24N6O2/c1-13-5-3-4-6-15(13)21-17(25)14(2)20-16-7-9-24(22-16)12-11-23-10-8-19-18(23)26/h3-7,9,14H,8,10-12H2,1-2H3,(H,19,26)(H,20,22)(H,21,25). The first-order chi connectivity index (χ1) is 12.5. The fourth-order valence-corrected chi connectivity index (χ4v) is 2.75. The molecule has 3 rings (SSSR count). The Balaban J connectivity index is 1.50. The molecule has 1 aromatic heterocycles. The molecular formula is C18H24N6O2. The number of hydrogen-bond acceptors (Lipinski definition) is 4. The topological polar surface area (TPSA) is 91.3 Å². The summed E-state index contributed by atoms with van der Waals surface area (Å²) in [4.78, 5) is 25.6. The molecule has 3 N–H and O–H groups in total. The predicted octanol–water partition coefficient (Wildman–Crippen LogP) is 1.66. The number of aryl methyl sites for hydroxylation is 1. The molecule has 26 heavy (non-hydrogen) atoms. The number of benzene rings is 1. The van der Waals surface area contributed by atoms with Gasteiger partial charge in [0.2, 0.25) is 5.91 Å². The summed E-state index contributed by atoms with van der Waals surface area (Å²) >= 11 is 0. The van der Waals surface area contributed by atoms with Crippen LogP contribution in [0.1, 0.15) is 12.5 Å². The minimum atomic E-state index is -0.428. The second-order valence-electron chi connectivity index (χ2n) is 6.35. The van der Waals surface area contributed by atoms with Crippen LogP contribution in [0.25, 0.3) is 0 Å². The molecule has 0 aliphatic carbocycles. The molecule has 0 radical (unpaired) electrons. The van der Waals surface area contributed by atoms with Crippen LogP contribution in [0.5, 0.6) is 0 Å². The van der Waals surface area contributed by atoms with Crippen molar-refractivity contribution in [2.45, 2.75) is 26.4 Å². The summed E-state index contributed by atoms with van der Waals surface area (Å²) in [6.07, 6.45) is 1.84. The number of hydrogen-bond donors (Lipinski definition) is 3. The molecule has 1 aliphatic rings. The van der Waals surface area contributed by atoms with Gasteiger partial charge in [0.1, 0.15) is 11.9 Å². The van der Waals surface area contributed by atoms with Gasteiger partial charge in [0.15, 0.2) is 0 Å². The third-order valence-electron chi connectivity index (χ3n) is 4.35. The van der Waals surface area contributed by atoms with Crippen LogP contribution in [0.4, 0.5) is 16.3 Å². The van der Waals surface area contributed by atoms with Crippen LogP contribution in [-0.2, 0) is 11.3 Å². The van der Waals surface area contributed by atoms with E-state index in [0.29, 0.717) is 25.5 Å². The van der Waals surface area contributed by atoms with E-state index in [4.69, 9.17) is 0 Å². The molecule has 138 valence electrons. The van der Waals surface area contributed by atoms with Gasteiger partial charge in [-0.1, -0.05) is 18.2 Å². The summed E-state index contributed by atoms with van der Waals surface area (Å²) < 4.78 is 1.76. The molecule has 1 atom stereocenters. The van der Waals surface area contributed by atoms with Gasteiger partial charge in [0.25, 0.3) is 0 Å². The summed E-state index contributed by atoms with van der Waals surface area (Å²) in [6, 6.07) is 9.02. The number of rotatable bonds is 7. The third-order valence-corrected chi connectivity index (χ3v) is 4.35. The van der Waals surface area contributed by atoms with Crippen LogP contribution in [-0.4, -0.2) is 52.3 Å². The summed E-state index contributed by atoms with van der Waals surface area (Å²) in [5, 5.41) is 13.2. The zero-order valence-electron chi connectivity index (χ0n) is 15.0. The molecule has 0 saturated carbocycles. The molecular weight excluding hydrogens is 332 g/mol. The fourth-order valence-electron chi connectivity index (χ4n) is 2.75. The number of carbonyl (C=O) groups excluding carboxylic acids is 2. The van der Waals surface area contributed by atoms with E-state index in [0.717, 1.165) is 17.8 Å². The quantitative estimate of drug-likeness (QED) is 0.704. The van der Waals surface area contributed by atoms with Crippen molar-refractivity contribution in [3.63, 3.8) is 0 Å².